The molecule has 0 aromatic heterocycles. The summed E-state index contributed by atoms with van der Waals surface area (Å²) in [6.07, 6.45) is 3.25. The molecule has 2 saturated carbocycles. The average molecular weight is 304 g/mol. The molecule has 2 bridgehead atoms. The van der Waals surface area contributed by atoms with Crippen LogP contribution in [0.1, 0.15) is 24.8 Å². The van der Waals surface area contributed by atoms with Gasteiger partial charge in [-0.15, -0.1) is 0 Å². The number of carboxylic acids is 1. The molecule has 4 atom stereocenters. The van der Waals surface area contributed by atoms with E-state index in [0.29, 0.717) is 13.0 Å². The lowest BCUT2D eigenvalue weighted by atomic mass is 9.78. The molecule has 4 nitrogen and oxygen atoms in total. The van der Waals surface area contributed by atoms with Gasteiger partial charge in [0.25, 0.3) is 0 Å². The zero-order valence-electron chi connectivity index (χ0n) is 12.3. The summed E-state index contributed by atoms with van der Waals surface area (Å²) in [6, 6.07) is 6.14. The number of carbonyl (C=O) groups is 2. The molecule has 0 radical (unpaired) electrons. The second-order valence-electron chi connectivity index (χ2n) is 6.37. The Balaban J connectivity index is 1.55. The van der Waals surface area contributed by atoms with Crippen molar-refractivity contribution >= 4 is 11.9 Å². The highest BCUT2D eigenvalue weighted by atomic mass is 19.1. The van der Waals surface area contributed by atoms with Gasteiger partial charge in [0.1, 0.15) is 5.82 Å². The molecule has 5 heteroatoms. The highest BCUT2D eigenvalue weighted by Gasteiger charge is 2.51. The summed E-state index contributed by atoms with van der Waals surface area (Å²) in [6.45, 7) is 0.429. The molecule has 3 rings (SSSR count). The molecule has 2 aliphatic rings. The lowest BCUT2D eigenvalue weighted by molar-refractivity contribution is -0.314. The van der Waals surface area contributed by atoms with Crippen LogP contribution in [0.25, 0.3) is 0 Å². The molecule has 0 unspecified atom stereocenters. The minimum absolute atomic E-state index is 0.0999. The summed E-state index contributed by atoms with van der Waals surface area (Å²) in [5.74, 6) is -2.36. The van der Waals surface area contributed by atoms with Crippen molar-refractivity contribution in [3.8, 4) is 0 Å². The van der Waals surface area contributed by atoms with E-state index in [1.165, 1.54) is 12.1 Å². The number of fused-ring (bicyclic) bond motifs is 2. The van der Waals surface area contributed by atoms with Crippen molar-refractivity contribution in [2.24, 2.45) is 23.7 Å². The molecular weight excluding hydrogens is 285 g/mol. The number of amides is 1. The number of carbonyl (C=O) groups excluding carboxylic acids is 2. The van der Waals surface area contributed by atoms with Gasteiger partial charge in [0.2, 0.25) is 5.91 Å². The van der Waals surface area contributed by atoms with Crippen molar-refractivity contribution in [3.05, 3.63) is 35.6 Å². The first-order valence-corrected chi connectivity index (χ1v) is 7.79. The van der Waals surface area contributed by atoms with E-state index in [-0.39, 0.29) is 23.6 Å². The highest BCUT2D eigenvalue weighted by molar-refractivity contribution is 5.85. The Kier molecular flexibility index (Phi) is 4.14. The monoisotopic (exact) mass is 304 g/mol. The molecule has 2 fully saturated rings. The van der Waals surface area contributed by atoms with Gasteiger partial charge < -0.3 is 15.2 Å². The van der Waals surface area contributed by atoms with Gasteiger partial charge >= 0.3 is 0 Å². The number of hydrogen-bond acceptors (Lipinski definition) is 3. The summed E-state index contributed by atoms with van der Waals surface area (Å²) in [4.78, 5) is 23.6. The molecule has 1 aromatic carbocycles. The quantitative estimate of drug-likeness (QED) is 0.878. The summed E-state index contributed by atoms with van der Waals surface area (Å²) in [5, 5.41) is 14.1. The Bertz CT molecular complexity index is 572. The predicted octanol–water partition coefficient (Wildman–Crippen LogP) is 0.897. The van der Waals surface area contributed by atoms with Crippen LogP contribution in [0.15, 0.2) is 24.3 Å². The number of halogens is 1. The van der Waals surface area contributed by atoms with Crippen LogP contribution in [0.2, 0.25) is 0 Å². The van der Waals surface area contributed by atoms with Crippen LogP contribution in [-0.4, -0.2) is 18.4 Å². The van der Waals surface area contributed by atoms with Gasteiger partial charge in [-0.3, -0.25) is 4.79 Å². The predicted molar refractivity (Wildman–Crippen MR) is 75.9 cm³/mol. The number of carboxylic acid groups (broad SMARTS) is 1. The molecule has 0 heterocycles. The molecule has 1 aromatic rings. The van der Waals surface area contributed by atoms with E-state index in [0.717, 1.165) is 24.8 Å². The van der Waals surface area contributed by atoms with Crippen molar-refractivity contribution in [2.45, 2.75) is 25.7 Å². The minimum Gasteiger partial charge on any atom is -0.550 e. The van der Waals surface area contributed by atoms with Crippen LogP contribution >= 0.6 is 0 Å². The molecule has 118 valence electrons. The number of nitrogens with one attached hydrogen (secondary N) is 1. The first-order chi connectivity index (χ1) is 10.6. The molecular formula is C17H19FNO3-. The number of hydrogen-bond donors (Lipinski definition) is 1. The average Bonchev–Trinajstić information content (AvgIpc) is 3.09. The van der Waals surface area contributed by atoms with Gasteiger partial charge in [0.15, 0.2) is 0 Å². The van der Waals surface area contributed by atoms with Gasteiger partial charge in [-0.05, 0) is 55.2 Å². The SMILES string of the molecule is O=C([O-])[C@H]1[C@H]2CC[C@@H](C2)[C@@H]1C(=O)NCCc1ccc(F)cc1. The van der Waals surface area contributed by atoms with Crippen molar-refractivity contribution in [2.75, 3.05) is 6.54 Å². The fourth-order valence-electron chi connectivity index (χ4n) is 4.11. The van der Waals surface area contributed by atoms with E-state index in [9.17, 15) is 19.1 Å². The molecule has 0 spiro atoms. The van der Waals surface area contributed by atoms with E-state index in [1.54, 1.807) is 12.1 Å². The first kappa shape index (κ1) is 15.0. The fourth-order valence-corrected chi connectivity index (χ4v) is 4.11. The molecule has 22 heavy (non-hydrogen) atoms. The molecule has 1 amide bonds. The maximum atomic E-state index is 12.8. The Labute approximate surface area is 128 Å². The topological polar surface area (TPSA) is 69.2 Å². The van der Waals surface area contributed by atoms with E-state index < -0.39 is 17.8 Å². The normalized spacial score (nSPS) is 29.5. The van der Waals surface area contributed by atoms with Crippen LogP contribution in [0.3, 0.4) is 0 Å². The lowest BCUT2D eigenvalue weighted by Crippen LogP contribution is -2.46. The minimum atomic E-state index is -1.09. The maximum absolute atomic E-state index is 12.8. The van der Waals surface area contributed by atoms with Gasteiger partial charge in [0, 0.05) is 24.3 Å². The van der Waals surface area contributed by atoms with Crippen molar-refractivity contribution in [1.82, 2.24) is 5.32 Å². The third-order valence-corrected chi connectivity index (χ3v) is 5.12. The number of benzene rings is 1. The summed E-state index contributed by atoms with van der Waals surface area (Å²) in [7, 11) is 0. The van der Waals surface area contributed by atoms with E-state index >= 15 is 0 Å². The van der Waals surface area contributed by atoms with Crippen molar-refractivity contribution in [1.29, 1.82) is 0 Å². The molecule has 2 aliphatic carbocycles. The third kappa shape index (κ3) is 2.85. The number of rotatable bonds is 5. The summed E-state index contributed by atoms with van der Waals surface area (Å²) in [5.41, 5.74) is 0.936. The standard InChI is InChI=1S/C17H20FNO3/c18-13-5-1-10(2-6-13)7-8-19-16(20)14-11-3-4-12(9-11)15(14)17(21)22/h1-2,5-6,11-12,14-15H,3-4,7-9H2,(H,19,20)(H,21,22)/p-1/t11-,12-,14-,15-/m0/s1. The third-order valence-electron chi connectivity index (χ3n) is 5.12. The molecule has 1 N–H and O–H groups in total. The van der Waals surface area contributed by atoms with E-state index in [1.807, 2.05) is 0 Å². The summed E-state index contributed by atoms with van der Waals surface area (Å²) >= 11 is 0. The Morgan fingerprint density at radius 1 is 1.14 bits per heavy atom. The molecule has 0 saturated heterocycles. The Morgan fingerprint density at radius 2 is 1.77 bits per heavy atom. The molecule has 0 aliphatic heterocycles. The maximum Gasteiger partial charge on any atom is 0.224 e. The zero-order valence-corrected chi connectivity index (χ0v) is 12.3. The van der Waals surface area contributed by atoms with Gasteiger partial charge in [-0.25, -0.2) is 4.39 Å². The number of aliphatic carboxylic acids is 1. The van der Waals surface area contributed by atoms with Crippen LogP contribution in [-0.2, 0) is 16.0 Å². The van der Waals surface area contributed by atoms with Gasteiger partial charge in [-0.1, -0.05) is 12.1 Å². The van der Waals surface area contributed by atoms with Gasteiger partial charge in [-0.2, -0.15) is 0 Å². The second-order valence-corrected chi connectivity index (χ2v) is 6.37. The first-order valence-electron chi connectivity index (χ1n) is 7.79. The van der Waals surface area contributed by atoms with E-state index in [4.69, 9.17) is 0 Å². The second kappa shape index (κ2) is 6.07. The van der Waals surface area contributed by atoms with Crippen LogP contribution in [0.5, 0.6) is 0 Å². The fraction of sp³-hybridized carbons (Fsp3) is 0.529. The van der Waals surface area contributed by atoms with Crippen LogP contribution in [0.4, 0.5) is 4.39 Å². The van der Waals surface area contributed by atoms with Crippen LogP contribution < -0.4 is 10.4 Å². The highest BCUT2D eigenvalue weighted by Crippen LogP contribution is 2.52. The Morgan fingerprint density at radius 3 is 2.41 bits per heavy atom. The zero-order chi connectivity index (χ0) is 15.7. The van der Waals surface area contributed by atoms with Crippen molar-refractivity contribution in [3.63, 3.8) is 0 Å². The lowest BCUT2D eigenvalue weighted by Gasteiger charge is -2.30. The van der Waals surface area contributed by atoms with Crippen molar-refractivity contribution < 1.29 is 19.1 Å². The smallest absolute Gasteiger partial charge is 0.224 e. The largest absolute Gasteiger partial charge is 0.550 e. The Hall–Kier alpha value is -1.91. The van der Waals surface area contributed by atoms with E-state index in [2.05, 4.69) is 5.32 Å². The summed E-state index contributed by atoms with van der Waals surface area (Å²) < 4.78 is 12.8. The van der Waals surface area contributed by atoms with Crippen LogP contribution in [0, 0.1) is 29.5 Å². The van der Waals surface area contributed by atoms with Gasteiger partial charge in [0.05, 0.1) is 0 Å².